The monoisotopic (exact) mass is 317 g/mol. The summed E-state index contributed by atoms with van der Waals surface area (Å²) in [5.74, 6) is -0.189. The molecule has 0 saturated carbocycles. The van der Waals surface area contributed by atoms with Crippen LogP contribution in [-0.2, 0) is 12.8 Å². The van der Waals surface area contributed by atoms with E-state index in [0.29, 0.717) is 5.56 Å². The lowest BCUT2D eigenvalue weighted by Crippen LogP contribution is -2.18. The number of carbonyl (C=O) groups excluding carboxylic acids is 1. The van der Waals surface area contributed by atoms with Gasteiger partial charge in [-0.15, -0.1) is 0 Å². The summed E-state index contributed by atoms with van der Waals surface area (Å²) < 4.78 is 0. The van der Waals surface area contributed by atoms with Crippen molar-refractivity contribution < 1.29 is 4.79 Å². The molecule has 1 aliphatic carbocycles. The van der Waals surface area contributed by atoms with Gasteiger partial charge in [0.25, 0.3) is 5.91 Å². The van der Waals surface area contributed by atoms with Gasteiger partial charge >= 0.3 is 0 Å². The molecule has 1 aliphatic rings. The number of nitrogens with one attached hydrogen (secondary N) is 2. The van der Waals surface area contributed by atoms with Gasteiger partial charge in [-0.2, -0.15) is 5.10 Å². The van der Waals surface area contributed by atoms with Crippen molar-refractivity contribution in [1.29, 1.82) is 0 Å². The van der Waals surface area contributed by atoms with Crippen LogP contribution in [0.1, 0.15) is 40.0 Å². The highest BCUT2D eigenvalue weighted by Gasteiger charge is 2.18. The number of hydrogen-bond donors (Lipinski definition) is 2. The fourth-order valence-corrected chi connectivity index (χ4v) is 3.38. The Labute approximate surface area is 140 Å². The molecule has 3 aromatic rings. The molecule has 120 valence electrons. The van der Waals surface area contributed by atoms with Gasteiger partial charge in [0.05, 0.1) is 17.3 Å². The lowest BCUT2D eigenvalue weighted by Gasteiger charge is -2.10. The Kier molecular flexibility index (Phi) is 3.87. The molecular weight excluding hydrogens is 298 g/mol. The van der Waals surface area contributed by atoms with E-state index in [0.717, 1.165) is 23.9 Å². The van der Waals surface area contributed by atoms with Crippen LogP contribution in [-0.4, -0.2) is 17.1 Å². The number of hydrogen-bond acceptors (Lipinski definition) is 2. The molecule has 0 spiro atoms. The van der Waals surface area contributed by atoms with Gasteiger partial charge in [-0.05, 0) is 42.9 Å². The number of hydrazone groups is 1. The smallest absolute Gasteiger partial charge is 0.273 e. The first-order valence-corrected chi connectivity index (χ1v) is 8.34. The Morgan fingerprint density at radius 1 is 1.04 bits per heavy atom. The number of para-hydroxylation sites is 1. The highest BCUT2D eigenvalue weighted by Crippen LogP contribution is 2.30. The van der Waals surface area contributed by atoms with Crippen molar-refractivity contribution >= 4 is 23.0 Å². The van der Waals surface area contributed by atoms with Crippen LogP contribution in [0, 0.1) is 0 Å². The third-order valence-electron chi connectivity index (χ3n) is 4.56. The Morgan fingerprint density at radius 2 is 1.88 bits per heavy atom. The Balaban J connectivity index is 1.60. The number of aromatic amines is 1. The molecule has 1 aromatic heterocycles. The van der Waals surface area contributed by atoms with E-state index in [4.69, 9.17) is 0 Å². The fraction of sp³-hybridized carbons (Fsp3) is 0.200. The van der Waals surface area contributed by atoms with Crippen molar-refractivity contribution in [1.82, 2.24) is 10.4 Å². The maximum absolute atomic E-state index is 12.5. The van der Waals surface area contributed by atoms with E-state index in [-0.39, 0.29) is 5.91 Å². The average Bonchev–Trinajstić information content (AvgIpc) is 3.01. The predicted molar refractivity (Wildman–Crippen MR) is 96.4 cm³/mol. The number of carbonyl (C=O) groups is 1. The molecule has 0 atom stereocenters. The van der Waals surface area contributed by atoms with Gasteiger partial charge in [0.2, 0.25) is 0 Å². The molecule has 0 fully saturated rings. The topological polar surface area (TPSA) is 57.2 Å². The van der Waals surface area contributed by atoms with Crippen LogP contribution in [0.3, 0.4) is 0 Å². The van der Waals surface area contributed by atoms with Gasteiger partial charge in [0.1, 0.15) is 0 Å². The molecule has 4 heteroatoms. The molecule has 2 aromatic carbocycles. The normalized spacial score (nSPS) is 14.0. The lowest BCUT2D eigenvalue weighted by atomic mass is 9.95. The van der Waals surface area contributed by atoms with Crippen molar-refractivity contribution in [3.8, 4) is 0 Å². The van der Waals surface area contributed by atoms with Gasteiger partial charge in [0, 0.05) is 11.1 Å². The molecule has 2 N–H and O–H groups in total. The summed E-state index contributed by atoms with van der Waals surface area (Å²) in [5.41, 5.74) is 7.81. The second kappa shape index (κ2) is 6.32. The molecule has 0 saturated heterocycles. The molecule has 24 heavy (non-hydrogen) atoms. The highest BCUT2D eigenvalue weighted by atomic mass is 16.2. The quantitative estimate of drug-likeness (QED) is 0.560. The summed E-state index contributed by atoms with van der Waals surface area (Å²) in [5, 5.41) is 5.24. The summed E-state index contributed by atoms with van der Waals surface area (Å²) in [4.78, 5) is 16.0. The van der Waals surface area contributed by atoms with Crippen LogP contribution in [0.5, 0.6) is 0 Å². The second-order valence-corrected chi connectivity index (χ2v) is 6.13. The maximum Gasteiger partial charge on any atom is 0.273 e. The minimum atomic E-state index is -0.189. The zero-order chi connectivity index (χ0) is 16.4. The van der Waals surface area contributed by atoms with Gasteiger partial charge in [-0.1, -0.05) is 42.5 Å². The predicted octanol–water partition coefficient (Wildman–Crippen LogP) is 3.81. The highest BCUT2D eigenvalue weighted by molar-refractivity contribution is 6.07. The second-order valence-electron chi connectivity index (χ2n) is 6.13. The van der Waals surface area contributed by atoms with E-state index >= 15 is 0 Å². The zero-order valence-electron chi connectivity index (χ0n) is 13.4. The van der Waals surface area contributed by atoms with Gasteiger partial charge < -0.3 is 4.98 Å². The van der Waals surface area contributed by atoms with Crippen molar-refractivity contribution in [3.63, 3.8) is 0 Å². The van der Waals surface area contributed by atoms with Gasteiger partial charge in [-0.3, -0.25) is 4.79 Å². The largest absolute Gasteiger partial charge is 0.358 e. The number of aryl methyl sites for hydroxylation is 2. The first-order chi connectivity index (χ1) is 11.8. The molecule has 0 unspecified atom stereocenters. The molecule has 1 amide bonds. The first kappa shape index (κ1) is 14.7. The minimum absolute atomic E-state index is 0.189. The van der Waals surface area contributed by atoms with E-state index in [9.17, 15) is 4.79 Å². The SMILES string of the molecule is O=C(N/N=C\c1ccccc1)c1cccc2c3c([nH]c12)CCCC3. The molecule has 4 nitrogen and oxygen atoms in total. The van der Waals surface area contributed by atoms with E-state index in [1.54, 1.807) is 6.21 Å². The molecule has 1 heterocycles. The molecule has 0 aliphatic heterocycles. The number of rotatable bonds is 3. The van der Waals surface area contributed by atoms with Crippen molar-refractivity contribution in [2.45, 2.75) is 25.7 Å². The molecule has 0 radical (unpaired) electrons. The number of nitrogens with zero attached hydrogens (tertiary/aromatic N) is 1. The number of H-pyrrole nitrogens is 1. The minimum Gasteiger partial charge on any atom is -0.358 e. The van der Waals surface area contributed by atoms with Crippen LogP contribution < -0.4 is 5.43 Å². The van der Waals surface area contributed by atoms with Crippen molar-refractivity contribution in [2.24, 2.45) is 5.10 Å². The van der Waals surface area contributed by atoms with Crippen LogP contribution in [0.2, 0.25) is 0 Å². The third-order valence-corrected chi connectivity index (χ3v) is 4.56. The summed E-state index contributed by atoms with van der Waals surface area (Å²) in [7, 11) is 0. The summed E-state index contributed by atoms with van der Waals surface area (Å²) in [6.45, 7) is 0. The number of amides is 1. The van der Waals surface area contributed by atoms with E-state index < -0.39 is 0 Å². The van der Waals surface area contributed by atoms with Crippen LogP contribution >= 0.6 is 0 Å². The van der Waals surface area contributed by atoms with Gasteiger partial charge in [-0.25, -0.2) is 5.43 Å². The molecule has 0 bridgehead atoms. The molecular formula is C20H19N3O. The fourth-order valence-electron chi connectivity index (χ4n) is 3.38. The van der Waals surface area contributed by atoms with E-state index in [2.05, 4.69) is 21.6 Å². The molecule has 4 rings (SSSR count). The maximum atomic E-state index is 12.5. The standard InChI is InChI=1S/C20H19N3O/c24-20(23-21-13-14-7-2-1-3-8-14)17-11-6-10-16-15-9-4-5-12-18(15)22-19(16)17/h1-3,6-8,10-11,13,22H,4-5,9,12H2,(H,23,24)/b21-13-. The van der Waals surface area contributed by atoms with Crippen molar-refractivity contribution in [2.75, 3.05) is 0 Å². The summed E-state index contributed by atoms with van der Waals surface area (Å²) in [6.07, 6.45) is 6.24. The van der Waals surface area contributed by atoms with E-state index in [1.165, 1.54) is 29.5 Å². The van der Waals surface area contributed by atoms with Gasteiger partial charge in [0.15, 0.2) is 0 Å². The summed E-state index contributed by atoms with van der Waals surface area (Å²) >= 11 is 0. The number of fused-ring (bicyclic) bond motifs is 3. The zero-order valence-corrected chi connectivity index (χ0v) is 13.4. The number of benzene rings is 2. The van der Waals surface area contributed by atoms with Crippen molar-refractivity contribution in [3.05, 3.63) is 70.9 Å². The number of aromatic nitrogens is 1. The van der Waals surface area contributed by atoms with Crippen LogP contribution in [0.4, 0.5) is 0 Å². The Bertz CT molecular complexity index is 909. The van der Waals surface area contributed by atoms with E-state index in [1.807, 2.05) is 42.5 Å². The third kappa shape index (κ3) is 2.71. The van der Waals surface area contributed by atoms with Crippen LogP contribution in [0.25, 0.3) is 10.9 Å². The summed E-state index contributed by atoms with van der Waals surface area (Å²) in [6, 6.07) is 15.6. The Hall–Kier alpha value is -2.88. The Morgan fingerprint density at radius 3 is 2.75 bits per heavy atom. The average molecular weight is 317 g/mol. The lowest BCUT2D eigenvalue weighted by molar-refractivity contribution is 0.0956. The van der Waals surface area contributed by atoms with Crippen LogP contribution in [0.15, 0.2) is 53.6 Å². The first-order valence-electron chi connectivity index (χ1n) is 8.34.